The second kappa shape index (κ2) is 6.70. The van der Waals surface area contributed by atoms with E-state index in [1.54, 1.807) is 0 Å². The van der Waals surface area contributed by atoms with Crippen LogP contribution in [-0.2, 0) is 4.74 Å². The Hall–Kier alpha value is -0.900. The molecule has 1 saturated carbocycles. The van der Waals surface area contributed by atoms with Crippen LogP contribution in [0.3, 0.4) is 0 Å². The van der Waals surface area contributed by atoms with Crippen molar-refractivity contribution in [1.82, 2.24) is 5.32 Å². The van der Waals surface area contributed by atoms with Crippen LogP contribution in [0.4, 0.5) is 0 Å². The predicted molar refractivity (Wildman–Crippen MR) is 81.7 cm³/mol. The third kappa shape index (κ3) is 4.58. The van der Waals surface area contributed by atoms with Crippen molar-refractivity contribution in [3.8, 4) is 0 Å². The zero-order valence-electron chi connectivity index (χ0n) is 12.8. The predicted octanol–water partition coefficient (Wildman–Crippen LogP) is 3.05. The SMILES string of the molecule is CC(C)(C)OC1CC(N[C@H](CCO)c2ccccc2)C1. The molecule has 2 N–H and O–H groups in total. The molecule has 0 spiro atoms. The molecule has 112 valence electrons. The molecule has 3 heteroatoms. The molecule has 0 aliphatic heterocycles. The van der Waals surface area contributed by atoms with Gasteiger partial charge in [-0.05, 0) is 45.6 Å². The highest BCUT2D eigenvalue weighted by Gasteiger charge is 2.34. The molecule has 0 radical (unpaired) electrons. The number of nitrogens with one attached hydrogen (secondary N) is 1. The molecule has 0 saturated heterocycles. The van der Waals surface area contributed by atoms with E-state index in [1.165, 1.54) is 5.56 Å². The molecule has 3 nitrogen and oxygen atoms in total. The average molecular weight is 277 g/mol. The zero-order valence-corrected chi connectivity index (χ0v) is 12.8. The van der Waals surface area contributed by atoms with E-state index in [-0.39, 0.29) is 18.2 Å². The van der Waals surface area contributed by atoms with Crippen molar-refractivity contribution in [2.24, 2.45) is 0 Å². The van der Waals surface area contributed by atoms with E-state index in [0.29, 0.717) is 12.1 Å². The maximum Gasteiger partial charge on any atom is 0.0612 e. The van der Waals surface area contributed by atoms with Crippen LogP contribution in [0.15, 0.2) is 30.3 Å². The lowest BCUT2D eigenvalue weighted by atomic mass is 9.87. The minimum absolute atomic E-state index is 0.0560. The molecule has 1 aliphatic rings. The van der Waals surface area contributed by atoms with Crippen LogP contribution >= 0.6 is 0 Å². The first-order valence-corrected chi connectivity index (χ1v) is 7.57. The maximum atomic E-state index is 9.24. The molecule has 2 rings (SSSR count). The molecule has 0 bridgehead atoms. The van der Waals surface area contributed by atoms with Gasteiger partial charge in [-0.15, -0.1) is 0 Å². The summed E-state index contributed by atoms with van der Waals surface area (Å²) in [7, 11) is 0. The number of ether oxygens (including phenoxy) is 1. The molecule has 1 aromatic rings. The number of rotatable bonds is 6. The average Bonchev–Trinajstić information content (AvgIpc) is 2.35. The third-order valence-corrected chi connectivity index (χ3v) is 3.67. The van der Waals surface area contributed by atoms with E-state index in [2.05, 4.69) is 38.2 Å². The standard InChI is InChI=1S/C17H27NO2/c1-17(2,3)20-15-11-14(12-15)18-16(9-10-19)13-7-5-4-6-8-13/h4-8,14-16,18-19H,9-12H2,1-3H3/t14?,15?,16-/m1/s1. The van der Waals surface area contributed by atoms with Crippen molar-refractivity contribution in [2.45, 2.75) is 63.8 Å². The van der Waals surface area contributed by atoms with Crippen LogP contribution in [0, 0.1) is 0 Å². The summed E-state index contributed by atoms with van der Waals surface area (Å²) in [4.78, 5) is 0. The fraction of sp³-hybridized carbons (Fsp3) is 0.647. The van der Waals surface area contributed by atoms with Gasteiger partial charge in [0.15, 0.2) is 0 Å². The lowest BCUT2D eigenvalue weighted by molar-refractivity contribution is -0.103. The van der Waals surface area contributed by atoms with Crippen molar-refractivity contribution in [3.63, 3.8) is 0 Å². The van der Waals surface area contributed by atoms with Gasteiger partial charge in [0, 0.05) is 18.7 Å². The first-order chi connectivity index (χ1) is 9.48. The van der Waals surface area contributed by atoms with Gasteiger partial charge in [0.25, 0.3) is 0 Å². The van der Waals surface area contributed by atoms with Gasteiger partial charge >= 0.3 is 0 Å². The fourth-order valence-corrected chi connectivity index (χ4v) is 2.74. The summed E-state index contributed by atoms with van der Waals surface area (Å²) in [5.74, 6) is 0. The summed E-state index contributed by atoms with van der Waals surface area (Å²) in [6, 6.07) is 11.1. The monoisotopic (exact) mass is 277 g/mol. The Kier molecular flexibility index (Phi) is 5.19. The molecule has 1 atom stereocenters. The van der Waals surface area contributed by atoms with Crippen molar-refractivity contribution in [1.29, 1.82) is 0 Å². The molecule has 0 amide bonds. The minimum Gasteiger partial charge on any atom is -0.396 e. The Labute approximate surface area is 122 Å². The molecule has 1 aromatic carbocycles. The Morgan fingerprint density at radius 3 is 2.45 bits per heavy atom. The third-order valence-electron chi connectivity index (χ3n) is 3.67. The molecule has 0 aromatic heterocycles. The lowest BCUT2D eigenvalue weighted by Crippen LogP contribution is -2.48. The van der Waals surface area contributed by atoms with Crippen LogP contribution in [-0.4, -0.2) is 29.5 Å². The van der Waals surface area contributed by atoms with Crippen molar-refractivity contribution < 1.29 is 9.84 Å². The topological polar surface area (TPSA) is 41.5 Å². The highest BCUT2D eigenvalue weighted by atomic mass is 16.5. The van der Waals surface area contributed by atoms with Crippen LogP contribution < -0.4 is 5.32 Å². The van der Waals surface area contributed by atoms with Crippen LogP contribution in [0.5, 0.6) is 0 Å². The molecule has 0 heterocycles. The molecule has 20 heavy (non-hydrogen) atoms. The summed E-state index contributed by atoms with van der Waals surface area (Å²) in [5.41, 5.74) is 1.20. The quantitative estimate of drug-likeness (QED) is 0.840. The smallest absolute Gasteiger partial charge is 0.0612 e. The number of benzene rings is 1. The first kappa shape index (κ1) is 15.5. The largest absolute Gasteiger partial charge is 0.396 e. The van der Waals surface area contributed by atoms with Gasteiger partial charge in [0.2, 0.25) is 0 Å². The van der Waals surface area contributed by atoms with E-state index in [0.717, 1.165) is 19.3 Å². The number of aliphatic hydroxyl groups is 1. The van der Waals surface area contributed by atoms with Gasteiger partial charge in [0.1, 0.15) is 0 Å². The van der Waals surface area contributed by atoms with E-state index >= 15 is 0 Å². The van der Waals surface area contributed by atoms with Gasteiger partial charge < -0.3 is 15.2 Å². The Balaban J connectivity index is 1.83. The Bertz CT molecular complexity index is 393. The summed E-state index contributed by atoms with van der Waals surface area (Å²) < 4.78 is 5.96. The molecule has 1 aliphatic carbocycles. The van der Waals surface area contributed by atoms with Crippen molar-refractivity contribution in [2.75, 3.05) is 6.61 Å². The van der Waals surface area contributed by atoms with Gasteiger partial charge in [-0.3, -0.25) is 0 Å². The summed E-state index contributed by atoms with van der Waals surface area (Å²) in [5, 5.41) is 12.9. The molecule has 1 fully saturated rings. The zero-order chi connectivity index (χ0) is 14.6. The van der Waals surface area contributed by atoms with Gasteiger partial charge in [0.05, 0.1) is 11.7 Å². The fourth-order valence-electron chi connectivity index (χ4n) is 2.74. The number of aliphatic hydroxyl groups excluding tert-OH is 1. The van der Waals surface area contributed by atoms with Gasteiger partial charge in [-0.2, -0.15) is 0 Å². The number of hydrogen-bond acceptors (Lipinski definition) is 3. The second-order valence-electron chi connectivity index (χ2n) is 6.66. The van der Waals surface area contributed by atoms with Crippen LogP contribution in [0.2, 0.25) is 0 Å². The minimum atomic E-state index is -0.0560. The second-order valence-corrected chi connectivity index (χ2v) is 6.66. The van der Waals surface area contributed by atoms with Crippen molar-refractivity contribution >= 4 is 0 Å². The summed E-state index contributed by atoms with van der Waals surface area (Å²) in [6.07, 6.45) is 3.25. The van der Waals surface area contributed by atoms with Crippen LogP contribution in [0.1, 0.15) is 51.6 Å². The van der Waals surface area contributed by atoms with E-state index < -0.39 is 0 Å². The maximum absolute atomic E-state index is 9.24. The lowest BCUT2D eigenvalue weighted by Gasteiger charge is -2.41. The molecule has 0 unspecified atom stereocenters. The van der Waals surface area contributed by atoms with E-state index in [1.807, 2.05) is 18.2 Å². The van der Waals surface area contributed by atoms with E-state index in [4.69, 9.17) is 4.74 Å². The van der Waals surface area contributed by atoms with Gasteiger partial charge in [-0.1, -0.05) is 30.3 Å². The van der Waals surface area contributed by atoms with Crippen molar-refractivity contribution in [3.05, 3.63) is 35.9 Å². The number of hydrogen-bond donors (Lipinski definition) is 2. The van der Waals surface area contributed by atoms with E-state index in [9.17, 15) is 5.11 Å². The summed E-state index contributed by atoms with van der Waals surface area (Å²) in [6.45, 7) is 6.52. The Morgan fingerprint density at radius 1 is 1.25 bits per heavy atom. The normalized spacial score (nSPS) is 24.2. The summed E-state index contributed by atoms with van der Waals surface area (Å²) >= 11 is 0. The first-order valence-electron chi connectivity index (χ1n) is 7.57. The van der Waals surface area contributed by atoms with Gasteiger partial charge in [-0.25, -0.2) is 0 Å². The Morgan fingerprint density at radius 2 is 1.90 bits per heavy atom. The molecular formula is C17H27NO2. The highest BCUT2D eigenvalue weighted by molar-refractivity contribution is 5.19. The van der Waals surface area contributed by atoms with Crippen LogP contribution in [0.25, 0.3) is 0 Å². The molecular weight excluding hydrogens is 250 g/mol. The highest BCUT2D eigenvalue weighted by Crippen LogP contribution is 2.30.